The summed E-state index contributed by atoms with van der Waals surface area (Å²) in [6.07, 6.45) is 0. The normalized spacial score (nSPS) is 10.3. The molecule has 5 nitrogen and oxygen atoms in total. The van der Waals surface area contributed by atoms with Crippen molar-refractivity contribution in [1.82, 2.24) is 18.9 Å². The summed E-state index contributed by atoms with van der Waals surface area (Å²) < 4.78 is 12.8. The molecule has 0 aliphatic rings. The zero-order chi connectivity index (χ0) is 9.26. The van der Waals surface area contributed by atoms with Gasteiger partial charge in [-0.15, -0.1) is 9.47 Å². The third kappa shape index (κ3) is 1.78. The standard InChI is InChI=1S/C6H5ClN4OS/c1-3-2-4(9-8-3)12-6-5(7)10-13-11-6/h2H,1H3,(H,8,9). The molecule has 0 aromatic carbocycles. The Labute approximate surface area is 83.0 Å². The highest BCUT2D eigenvalue weighted by Gasteiger charge is 2.08. The van der Waals surface area contributed by atoms with E-state index >= 15 is 0 Å². The van der Waals surface area contributed by atoms with Crippen molar-refractivity contribution in [3.63, 3.8) is 0 Å². The first-order chi connectivity index (χ1) is 6.25. The highest BCUT2D eigenvalue weighted by Crippen LogP contribution is 2.25. The number of rotatable bonds is 2. The maximum absolute atomic E-state index is 5.67. The maximum atomic E-state index is 5.67. The molecule has 1 N–H and O–H groups in total. The van der Waals surface area contributed by atoms with E-state index in [1.807, 2.05) is 6.92 Å². The number of aryl methyl sites for hydroxylation is 1. The van der Waals surface area contributed by atoms with Crippen LogP contribution in [0.1, 0.15) is 5.69 Å². The number of aromatic amines is 1. The zero-order valence-electron chi connectivity index (χ0n) is 6.61. The van der Waals surface area contributed by atoms with Crippen molar-refractivity contribution in [2.24, 2.45) is 0 Å². The van der Waals surface area contributed by atoms with E-state index in [1.165, 1.54) is 0 Å². The molecule has 0 amide bonds. The SMILES string of the molecule is Cc1cc(Oc2nsnc2Cl)n[nH]1. The topological polar surface area (TPSA) is 63.7 Å². The van der Waals surface area contributed by atoms with Gasteiger partial charge in [0.2, 0.25) is 11.0 Å². The molecule has 0 aliphatic carbocycles. The average Bonchev–Trinajstić information content (AvgIpc) is 2.64. The van der Waals surface area contributed by atoms with E-state index in [9.17, 15) is 0 Å². The predicted octanol–water partition coefficient (Wildman–Crippen LogP) is 2.02. The number of nitrogens with zero attached hydrogens (tertiary/aromatic N) is 3. The number of hydrogen-bond acceptors (Lipinski definition) is 5. The Morgan fingerprint density at radius 2 is 2.38 bits per heavy atom. The van der Waals surface area contributed by atoms with E-state index in [2.05, 4.69) is 18.9 Å². The van der Waals surface area contributed by atoms with Crippen LogP contribution in [0.15, 0.2) is 6.07 Å². The predicted molar refractivity (Wildman–Crippen MR) is 48.3 cm³/mol. The summed E-state index contributed by atoms with van der Waals surface area (Å²) in [6.45, 7) is 1.88. The van der Waals surface area contributed by atoms with Gasteiger partial charge in [0, 0.05) is 11.8 Å². The van der Waals surface area contributed by atoms with Crippen LogP contribution < -0.4 is 4.74 Å². The Hall–Kier alpha value is -1.14. The summed E-state index contributed by atoms with van der Waals surface area (Å²) in [6, 6.07) is 1.75. The smallest absolute Gasteiger partial charge is 0.272 e. The van der Waals surface area contributed by atoms with Gasteiger partial charge in [-0.1, -0.05) is 11.6 Å². The Balaban J connectivity index is 2.19. The molecule has 2 rings (SSSR count). The minimum absolute atomic E-state index is 0.255. The Kier molecular flexibility index (Phi) is 2.15. The third-order valence-corrected chi connectivity index (χ3v) is 2.16. The van der Waals surface area contributed by atoms with Crippen molar-refractivity contribution in [1.29, 1.82) is 0 Å². The van der Waals surface area contributed by atoms with Gasteiger partial charge in [-0.3, -0.25) is 5.10 Å². The Morgan fingerprint density at radius 1 is 1.54 bits per heavy atom. The quantitative estimate of drug-likeness (QED) is 0.834. The van der Waals surface area contributed by atoms with E-state index < -0.39 is 0 Å². The fourth-order valence-electron chi connectivity index (χ4n) is 0.775. The van der Waals surface area contributed by atoms with Gasteiger partial charge < -0.3 is 4.74 Å². The Bertz CT molecular complexity index is 412. The minimum atomic E-state index is 0.255. The number of nitrogens with one attached hydrogen (secondary N) is 1. The summed E-state index contributed by atoms with van der Waals surface area (Å²) in [5.74, 6) is 0.727. The molecule has 13 heavy (non-hydrogen) atoms. The van der Waals surface area contributed by atoms with Gasteiger partial charge in [0.25, 0.3) is 5.88 Å². The van der Waals surface area contributed by atoms with Crippen molar-refractivity contribution in [3.8, 4) is 11.8 Å². The molecule has 2 aromatic rings. The van der Waals surface area contributed by atoms with Crippen LogP contribution in [0.5, 0.6) is 11.8 Å². The monoisotopic (exact) mass is 216 g/mol. The highest BCUT2D eigenvalue weighted by molar-refractivity contribution is 6.99. The number of halogens is 1. The van der Waals surface area contributed by atoms with Crippen LogP contribution in [-0.2, 0) is 0 Å². The van der Waals surface area contributed by atoms with Crippen molar-refractivity contribution < 1.29 is 4.74 Å². The maximum Gasteiger partial charge on any atom is 0.272 e. The van der Waals surface area contributed by atoms with Crippen LogP contribution in [0.2, 0.25) is 5.15 Å². The van der Waals surface area contributed by atoms with Gasteiger partial charge in [-0.25, -0.2) is 0 Å². The van der Waals surface area contributed by atoms with E-state index in [0.717, 1.165) is 17.4 Å². The van der Waals surface area contributed by atoms with Crippen LogP contribution in [-0.4, -0.2) is 18.9 Å². The second-order valence-corrected chi connectivity index (χ2v) is 3.24. The van der Waals surface area contributed by atoms with Crippen LogP contribution in [0.4, 0.5) is 0 Å². The molecule has 0 radical (unpaired) electrons. The van der Waals surface area contributed by atoms with Crippen LogP contribution in [0, 0.1) is 6.92 Å². The fourth-order valence-corrected chi connectivity index (χ4v) is 1.39. The zero-order valence-corrected chi connectivity index (χ0v) is 8.19. The first-order valence-corrected chi connectivity index (χ1v) is 4.54. The summed E-state index contributed by atoms with van der Waals surface area (Å²) in [5.41, 5.74) is 0.911. The summed E-state index contributed by atoms with van der Waals surface area (Å²) in [4.78, 5) is 0. The molecular weight excluding hydrogens is 212 g/mol. The first-order valence-electron chi connectivity index (χ1n) is 3.43. The van der Waals surface area contributed by atoms with Crippen molar-refractivity contribution in [2.45, 2.75) is 6.92 Å². The first kappa shape index (κ1) is 8.46. The molecular formula is C6H5ClN4OS. The van der Waals surface area contributed by atoms with Gasteiger partial charge in [0.05, 0.1) is 11.7 Å². The molecule has 0 bridgehead atoms. The highest BCUT2D eigenvalue weighted by atomic mass is 35.5. The minimum Gasteiger partial charge on any atom is -0.415 e. The number of hydrogen-bond donors (Lipinski definition) is 1. The lowest BCUT2D eigenvalue weighted by molar-refractivity contribution is 0.448. The molecule has 2 heterocycles. The summed E-state index contributed by atoms with van der Waals surface area (Å²) in [5, 5.41) is 6.86. The van der Waals surface area contributed by atoms with Crippen LogP contribution in [0.25, 0.3) is 0 Å². The van der Waals surface area contributed by atoms with E-state index in [0.29, 0.717) is 5.88 Å². The van der Waals surface area contributed by atoms with Gasteiger partial charge in [-0.05, 0) is 6.92 Å². The molecule has 0 atom stereocenters. The molecule has 0 fully saturated rings. The van der Waals surface area contributed by atoms with E-state index in [1.54, 1.807) is 6.07 Å². The second kappa shape index (κ2) is 3.31. The molecule has 0 saturated carbocycles. The lowest BCUT2D eigenvalue weighted by atomic mass is 10.5. The van der Waals surface area contributed by atoms with E-state index in [4.69, 9.17) is 16.3 Å². The molecule has 0 spiro atoms. The average molecular weight is 217 g/mol. The number of aromatic nitrogens is 4. The molecule has 0 aliphatic heterocycles. The largest absolute Gasteiger partial charge is 0.415 e. The van der Waals surface area contributed by atoms with Crippen molar-refractivity contribution in [3.05, 3.63) is 16.9 Å². The van der Waals surface area contributed by atoms with Crippen molar-refractivity contribution >= 4 is 23.3 Å². The molecule has 0 saturated heterocycles. The number of ether oxygens (including phenoxy) is 1. The van der Waals surface area contributed by atoms with Crippen LogP contribution >= 0.6 is 23.3 Å². The van der Waals surface area contributed by atoms with Gasteiger partial charge in [0.1, 0.15) is 0 Å². The Morgan fingerprint density at radius 3 is 2.92 bits per heavy atom. The molecule has 68 valence electrons. The molecule has 0 unspecified atom stereocenters. The van der Waals surface area contributed by atoms with Gasteiger partial charge in [-0.2, -0.15) is 4.37 Å². The van der Waals surface area contributed by atoms with Crippen LogP contribution in [0.3, 0.4) is 0 Å². The summed E-state index contributed by atoms with van der Waals surface area (Å²) >= 11 is 6.67. The van der Waals surface area contributed by atoms with Crippen molar-refractivity contribution in [2.75, 3.05) is 0 Å². The number of H-pyrrole nitrogens is 1. The van der Waals surface area contributed by atoms with E-state index in [-0.39, 0.29) is 11.0 Å². The fraction of sp³-hybridized carbons (Fsp3) is 0.167. The van der Waals surface area contributed by atoms with Gasteiger partial charge >= 0.3 is 0 Å². The second-order valence-electron chi connectivity index (χ2n) is 2.35. The molecule has 7 heteroatoms. The third-order valence-electron chi connectivity index (χ3n) is 1.30. The van der Waals surface area contributed by atoms with Gasteiger partial charge in [0.15, 0.2) is 0 Å². The molecule has 2 aromatic heterocycles. The lowest BCUT2D eigenvalue weighted by Crippen LogP contribution is -1.84. The lowest BCUT2D eigenvalue weighted by Gasteiger charge is -1.94. The summed E-state index contributed by atoms with van der Waals surface area (Å²) in [7, 11) is 0.